The smallest absolute Gasteiger partial charge is 0.138 e. The molecule has 1 N–H and O–H groups in total. The Labute approximate surface area is 58.1 Å². The Morgan fingerprint density at radius 1 is 1.20 bits per heavy atom. The summed E-state index contributed by atoms with van der Waals surface area (Å²) in [7, 11) is 0. The molecule has 0 saturated carbocycles. The van der Waals surface area contributed by atoms with E-state index in [4.69, 9.17) is 5.53 Å². The summed E-state index contributed by atoms with van der Waals surface area (Å²) >= 11 is 0. The van der Waals surface area contributed by atoms with Gasteiger partial charge in [0.05, 0.1) is 0 Å². The van der Waals surface area contributed by atoms with Crippen LogP contribution < -0.4 is 0 Å². The second kappa shape index (κ2) is 3.00. The molecule has 0 spiro atoms. The normalized spacial score (nSPS) is 30.0. The van der Waals surface area contributed by atoms with Gasteiger partial charge in [0.15, 0.2) is 0 Å². The van der Waals surface area contributed by atoms with Gasteiger partial charge in [-0.25, -0.2) is 5.53 Å². The summed E-state index contributed by atoms with van der Waals surface area (Å²) < 4.78 is 0. The first-order valence-electron chi connectivity index (χ1n) is 2.92. The number of nitrogens with one attached hydrogen (secondary N) is 1. The van der Waals surface area contributed by atoms with Crippen molar-refractivity contribution < 1.29 is 0 Å². The molecule has 52 valence electrons. The van der Waals surface area contributed by atoms with Crippen LogP contribution in [0.2, 0.25) is 0 Å². The highest BCUT2D eigenvalue weighted by Gasteiger charge is 2.17. The molecule has 0 fully saturated rings. The van der Waals surface area contributed by atoms with Gasteiger partial charge in [0.1, 0.15) is 12.1 Å². The SMILES string of the molecule is N=NC1C=CC=CC1N=O. The summed E-state index contributed by atoms with van der Waals surface area (Å²) in [6.07, 6.45) is 6.80. The lowest BCUT2D eigenvalue weighted by Gasteiger charge is -2.10. The van der Waals surface area contributed by atoms with Crippen LogP contribution in [0.1, 0.15) is 0 Å². The van der Waals surface area contributed by atoms with Gasteiger partial charge < -0.3 is 0 Å². The van der Waals surface area contributed by atoms with Crippen molar-refractivity contribution in [3.8, 4) is 0 Å². The molecular formula is C6H7N3O. The molecule has 0 bridgehead atoms. The van der Waals surface area contributed by atoms with Crippen LogP contribution in [0, 0.1) is 10.4 Å². The average molecular weight is 137 g/mol. The molecule has 2 atom stereocenters. The van der Waals surface area contributed by atoms with Crippen molar-refractivity contribution in [2.45, 2.75) is 12.1 Å². The molecule has 4 heteroatoms. The summed E-state index contributed by atoms with van der Waals surface area (Å²) in [5.74, 6) is 0. The van der Waals surface area contributed by atoms with E-state index in [1.165, 1.54) is 0 Å². The fraction of sp³-hybridized carbons (Fsp3) is 0.333. The number of nitroso groups, excluding NO2 is 1. The third kappa shape index (κ3) is 1.15. The van der Waals surface area contributed by atoms with E-state index in [1.54, 1.807) is 24.3 Å². The standard InChI is InChI=1S/C6H7N3O/c7-8-5-3-1-2-4-6(5)9-10/h1-7H. The van der Waals surface area contributed by atoms with Gasteiger partial charge in [-0.15, -0.1) is 0 Å². The molecule has 0 aliphatic heterocycles. The van der Waals surface area contributed by atoms with Gasteiger partial charge >= 0.3 is 0 Å². The van der Waals surface area contributed by atoms with Crippen LogP contribution in [0.3, 0.4) is 0 Å². The fourth-order valence-corrected chi connectivity index (χ4v) is 0.801. The van der Waals surface area contributed by atoms with E-state index < -0.39 is 6.04 Å². The second-order valence-corrected chi connectivity index (χ2v) is 1.99. The van der Waals surface area contributed by atoms with Gasteiger partial charge in [0, 0.05) is 0 Å². The molecule has 10 heavy (non-hydrogen) atoms. The molecule has 0 saturated heterocycles. The van der Waals surface area contributed by atoms with Gasteiger partial charge in [-0.1, -0.05) is 29.5 Å². The van der Waals surface area contributed by atoms with Crippen LogP contribution in [0.4, 0.5) is 0 Å². The van der Waals surface area contributed by atoms with E-state index in [0.717, 1.165) is 0 Å². The third-order valence-electron chi connectivity index (χ3n) is 1.35. The number of hydrogen-bond donors (Lipinski definition) is 1. The molecule has 1 aliphatic rings. The maximum Gasteiger partial charge on any atom is 0.138 e. The van der Waals surface area contributed by atoms with Crippen molar-refractivity contribution in [3.63, 3.8) is 0 Å². The minimum Gasteiger partial charge on any atom is -0.209 e. The topological polar surface area (TPSA) is 65.6 Å². The lowest BCUT2D eigenvalue weighted by Crippen LogP contribution is -2.18. The van der Waals surface area contributed by atoms with Crippen LogP contribution >= 0.6 is 0 Å². The zero-order chi connectivity index (χ0) is 7.40. The lowest BCUT2D eigenvalue weighted by atomic mass is 10.1. The van der Waals surface area contributed by atoms with E-state index in [0.29, 0.717) is 0 Å². The van der Waals surface area contributed by atoms with Gasteiger partial charge in [-0.2, -0.15) is 10.0 Å². The van der Waals surface area contributed by atoms with E-state index >= 15 is 0 Å². The Hall–Kier alpha value is -1.32. The maximum absolute atomic E-state index is 10.1. The van der Waals surface area contributed by atoms with Gasteiger partial charge in [-0.3, -0.25) is 0 Å². The Bertz CT molecular complexity index is 175. The molecule has 0 aromatic heterocycles. The molecule has 0 radical (unpaired) electrons. The number of hydrogen-bond acceptors (Lipinski definition) is 4. The third-order valence-corrected chi connectivity index (χ3v) is 1.35. The van der Waals surface area contributed by atoms with Crippen molar-refractivity contribution in [1.82, 2.24) is 0 Å². The molecule has 1 aliphatic carbocycles. The summed E-state index contributed by atoms with van der Waals surface area (Å²) in [5, 5.41) is 6.02. The Morgan fingerprint density at radius 2 is 1.80 bits per heavy atom. The molecule has 4 nitrogen and oxygen atoms in total. The lowest BCUT2D eigenvalue weighted by molar-refractivity contribution is 0.653. The van der Waals surface area contributed by atoms with Crippen molar-refractivity contribution >= 4 is 0 Å². The van der Waals surface area contributed by atoms with Gasteiger partial charge in [0.2, 0.25) is 0 Å². The van der Waals surface area contributed by atoms with Crippen molar-refractivity contribution in [2.75, 3.05) is 0 Å². The summed E-state index contributed by atoms with van der Waals surface area (Å²) in [6, 6.07) is -0.870. The Balaban J connectivity index is 2.72. The zero-order valence-corrected chi connectivity index (χ0v) is 5.27. The first-order chi connectivity index (χ1) is 4.88. The first kappa shape index (κ1) is 6.80. The minimum absolute atomic E-state index is 0.387. The largest absolute Gasteiger partial charge is 0.209 e. The fourth-order valence-electron chi connectivity index (χ4n) is 0.801. The first-order valence-corrected chi connectivity index (χ1v) is 2.92. The number of allylic oxidation sites excluding steroid dienone is 2. The summed E-state index contributed by atoms with van der Waals surface area (Å²) in [4.78, 5) is 10.1. The number of nitrogens with zero attached hydrogens (tertiary/aromatic N) is 2. The maximum atomic E-state index is 10.1. The van der Waals surface area contributed by atoms with Gasteiger partial charge in [0.25, 0.3) is 0 Å². The minimum atomic E-state index is -0.484. The Kier molecular flexibility index (Phi) is 2.04. The van der Waals surface area contributed by atoms with E-state index in [-0.39, 0.29) is 6.04 Å². The Morgan fingerprint density at radius 3 is 2.20 bits per heavy atom. The summed E-state index contributed by atoms with van der Waals surface area (Å²) in [5.41, 5.74) is 6.67. The molecule has 0 aromatic carbocycles. The molecular weight excluding hydrogens is 130 g/mol. The molecule has 0 amide bonds. The van der Waals surface area contributed by atoms with Crippen LogP contribution in [0.25, 0.3) is 0 Å². The van der Waals surface area contributed by atoms with Crippen LogP contribution in [-0.2, 0) is 0 Å². The summed E-state index contributed by atoms with van der Waals surface area (Å²) in [6.45, 7) is 0. The van der Waals surface area contributed by atoms with Crippen molar-refractivity contribution in [1.29, 1.82) is 5.53 Å². The monoisotopic (exact) mass is 137 g/mol. The average Bonchev–Trinajstić information content (AvgIpc) is 2.04. The molecule has 2 unspecified atom stereocenters. The molecule has 1 rings (SSSR count). The highest BCUT2D eigenvalue weighted by atomic mass is 16.3. The highest BCUT2D eigenvalue weighted by molar-refractivity contribution is 5.19. The van der Waals surface area contributed by atoms with E-state index in [1.807, 2.05) is 0 Å². The van der Waals surface area contributed by atoms with Crippen molar-refractivity contribution in [3.05, 3.63) is 29.2 Å². The van der Waals surface area contributed by atoms with Gasteiger partial charge in [-0.05, 0) is 0 Å². The van der Waals surface area contributed by atoms with Crippen LogP contribution in [0.5, 0.6) is 0 Å². The van der Waals surface area contributed by atoms with Crippen molar-refractivity contribution in [2.24, 2.45) is 10.3 Å². The van der Waals surface area contributed by atoms with E-state index in [2.05, 4.69) is 10.3 Å². The molecule has 0 heterocycles. The molecule has 0 aromatic rings. The zero-order valence-electron chi connectivity index (χ0n) is 5.27. The second-order valence-electron chi connectivity index (χ2n) is 1.99. The predicted octanol–water partition coefficient (Wildman–Crippen LogP) is 1.65. The number of rotatable bonds is 2. The van der Waals surface area contributed by atoms with E-state index in [9.17, 15) is 4.91 Å². The van der Waals surface area contributed by atoms with Crippen LogP contribution in [-0.4, -0.2) is 12.1 Å². The predicted molar refractivity (Wildman–Crippen MR) is 36.8 cm³/mol. The highest BCUT2D eigenvalue weighted by Crippen LogP contribution is 2.11. The quantitative estimate of drug-likeness (QED) is 0.456. The van der Waals surface area contributed by atoms with Crippen LogP contribution in [0.15, 0.2) is 34.6 Å².